The standard InChI is InChI=1S/C21H22N2O4S/c1-25-14-12-17(26-2)15(18(13-14)27-3)10-11-22-20(24)8-9-21-23-16-6-4-5-7-19(16)28-21/h4-9,12-13H,10-11H2,1-3H3,(H,22,24). The van der Waals surface area contributed by atoms with Gasteiger partial charge in [-0.3, -0.25) is 4.79 Å². The van der Waals surface area contributed by atoms with Crippen LogP contribution in [-0.4, -0.2) is 38.8 Å². The van der Waals surface area contributed by atoms with Crippen molar-refractivity contribution in [1.29, 1.82) is 0 Å². The summed E-state index contributed by atoms with van der Waals surface area (Å²) >= 11 is 1.55. The molecule has 1 heterocycles. The lowest BCUT2D eigenvalue weighted by Crippen LogP contribution is -2.23. The maximum absolute atomic E-state index is 12.1. The highest BCUT2D eigenvalue weighted by molar-refractivity contribution is 7.19. The fourth-order valence-electron chi connectivity index (χ4n) is 2.80. The Labute approximate surface area is 167 Å². The molecule has 0 unspecified atom stereocenters. The third-order valence-corrected chi connectivity index (χ3v) is 5.18. The van der Waals surface area contributed by atoms with Gasteiger partial charge in [-0.25, -0.2) is 4.98 Å². The number of carbonyl (C=O) groups excluding carboxylic acids is 1. The van der Waals surface area contributed by atoms with Crippen LogP contribution in [0, 0.1) is 0 Å². The lowest BCUT2D eigenvalue weighted by atomic mass is 10.1. The molecule has 0 fully saturated rings. The molecule has 6 nitrogen and oxygen atoms in total. The van der Waals surface area contributed by atoms with E-state index < -0.39 is 0 Å². The Hall–Kier alpha value is -3.06. The van der Waals surface area contributed by atoms with Gasteiger partial charge in [-0.1, -0.05) is 12.1 Å². The maximum Gasteiger partial charge on any atom is 0.244 e. The molecule has 0 spiro atoms. The number of methoxy groups -OCH3 is 3. The molecule has 3 rings (SSSR count). The van der Waals surface area contributed by atoms with Gasteiger partial charge in [0.15, 0.2) is 0 Å². The van der Waals surface area contributed by atoms with E-state index in [1.165, 1.54) is 6.08 Å². The van der Waals surface area contributed by atoms with Crippen LogP contribution in [0.1, 0.15) is 10.6 Å². The summed E-state index contributed by atoms with van der Waals surface area (Å²) in [6, 6.07) is 11.5. The number of rotatable bonds is 8. The molecule has 2 aromatic carbocycles. The highest BCUT2D eigenvalue weighted by atomic mass is 32.1. The molecule has 3 aromatic rings. The van der Waals surface area contributed by atoms with Gasteiger partial charge in [0.1, 0.15) is 22.3 Å². The summed E-state index contributed by atoms with van der Waals surface area (Å²) in [5, 5.41) is 3.68. The Morgan fingerprint density at radius 2 is 1.82 bits per heavy atom. The van der Waals surface area contributed by atoms with Gasteiger partial charge in [-0.2, -0.15) is 0 Å². The predicted octanol–water partition coefficient (Wildman–Crippen LogP) is 3.69. The topological polar surface area (TPSA) is 69.7 Å². The Balaban J connectivity index is 1.60. The first-order valence-corrected chi connectivity index (χ1v) is 9.56. The van der Waals surface area contributed by atoms with Crippen LogP contribution in [0.4, 0.5) is 0 Å². The first-order valence-electron chi connectivity index (χ1n) is 8.75. The zero-order valence-electron chi connectivity index (χ0n) is 16.0. The van der Waals surface area contributed by atoms with Crippen molar-refractivity contribution in [3.63, 3.8) is 0 Å². The Morgan fingerprint density at radius 3 is 2.46 bits per heavy atom. The van der Waals surface area contributed by atoms with Crippen LogP contribution in [0.2, 0.25) is 0 Å². The number of benzene rings is 2. The van der Waals surface area contributed by atoms with Gasteiger partial charge in [0.05, 0.1) is 31.5 Å². The Kier molecular flexibility index (Phi) is 6.49. The van der Waals surface area contributed by atoms with Crippen LogP contribution in [0.3, 0.4) is 0 Å². The van der Waals surface area contributed by atoms with Crippen LogP contribution in [0.15, 0.2) is 42.5 Å². The second-order valence-electron chi connectivity index (χ2n) is 5.90. The Morgan fingerprint density at radius 1 is 1.11 bits per heavy atom. The average molecular weight is 398 g/mol. The molecule has 0 aliphatic carbocycles. The molecule has 0 aliphatic heterocycles. The number of nitrogens with one attached hydrogen (secondary N) is 1. The maximum atomic E-state index is 12.1. The molecular formula is C21H22N2O4S. The van der Waals surface area contributed by atoms with Crippen molar-refractivity contribution in [2.24, 2.45) is 0 Å². The lowest BCUT2D eigenvalue weighted by molar-refractivity contribution is -0.116. The third kappa shape index (κ3) is 4.61. The number of aromatic nitrogens is 1. The van der Waals surface area contributed by atoms with Gasteiger partial charge >= 0.3 is 0 Å². The normalized spacial score (nSPS) is 11.0. The SMILES string of the molecule is COc1cc(OC)c(CCNC(=O)C=Cc2nc3ccccc3s2)c(OC)c1. The summed E-state index contributed by atoms with van der Waals surface area (Å²) < 4.78 is 17.2. The second kappa shape index (κ2) is 9.23. The number of amides is 1. The van der Waals surface area contributed by atoms with Crippen molar-refractivity contribution in [2.75, 3.05) is 27.9 Å². The molecule has 146 valence electrons. The first kappa shape index (κ1) is 19.7. The summed E-state index contributed by atoms with van der Waals surface area (Å²) in [6.45, 7) is 0.446. The first-order chi connectivity index (χ1) is 13.6. The van der Waals surface area contributed by atoms with E-state index in [9.17, 15) is 4.79 Å². The molecule has 0 atom stereocenters. The predicted molar refractivity (Wildman–Crippen MR) is 111 cm³/mol. The summed E-state index contributed by atoms with van der Waals surface area (Å²) in [7, 11) is 4.78. The van der Waals surface area contributed by atoms with E-state index in [1.54, 1.807) is 50.9 Å². The molecule has 28 heavy (non-hydrogen) atoms. The van der Waals surface area contributed by atoms with Crippen molar-refractivity contribution >= 4 is 33.5 Å². The van der Waals surface area contributed by atoms with Gasteiger partial charge < -0.3 is 19.5 Å². The molecule has 1 N–H and O–H groups in total. The number of hydrogen-bond donors (Lipinski definition) is 1. The molecule has 0 bridgehead atoms. The van der Waals surface area contributed by atoms with E-state index in [4.69, 9.17) is 14.2 Å². The minimum atomic E-state index is -0.175. The number of carbonyl (C=O) groups is 1. The van der Waals surface area contributed by atoms with Gasteiger partial charge in [0.25, 0.3) is 0 Å². The summed E-state index contributed by atoms with van der Waals surface area (Å²) in [5.41, 5.74) is 1.81. The molecular weight excluding hydrogens is 376 g/mol. The van der Waals surface area contributed by atoms with E-state index in [1.807, 2.05) is 24.3 Å². The average Bonchev–Trinajstić information content (AvgIpc) is 3.15. The Bertz CT molecular complexity index is 939. The number of para-hydroxylation sites is 1. The van der Waals surface area contributed by atoms with Crippen LogP contribution < -0.4 is 19.5 Å². The van der Waals surface area contributed by atoms with Crippen molar-refractivity contribution < 1.29 is 19.0 Å². The third-order valence-electron chi connectivity index (χ3n) is 4.18. The molecule has 7 heteroatoms. The van der Waals surface area contributed by atoms with E-state index in [2.05, 4.69) is 10.3 Å². The van der Waals surface area contributed by atoms with Crippen LogP contribution in [0.25, 0.3) is 16.3 Å². The van der Waals surface area contributed by atoms with Gasteiger partial charge in [-0.15, -0.1) is 11.3 Å². The highest BCUT2D eigenvalue weighted by Crippen LogP contribution is 2.34. The smallest absolute Gasteiger partial charge is 0.244 e. The number of ether oxygens (including phenoxy) is 3. The minimum absolute atomic E-state index is 0.175. The van der Waals surface area contributed by atoms with E-state index >= 15 is 0 Å². The lowest BCUT2D eigenvalue weighted by Gasteiger charge is -2.15. The quantitative estimate of drug-likeness (QED) is 0.586. The van der Waals surface area contributed by atoms with Crippen LogP contribution in [-0.2, 0) is 11.2 Å². The van der Waals surface area contributed by atoms with E-state index in [0.29, 0.717) is 30.2 Å². The van der Waals surface area contributed by atoms with E-state index in [0.717, 1.165) is 20.8 Å². The summed E-state index contributed by atoms with van der Waals surface area (Å²) in [4.78, 5) is 16.6. The van der Waals surface area contributed by atoms with Crippen LogP contribution in [0.5, 0.6) is 17.2 Å². The van der Waals surface area contributed by atoms with Gasteiger partial charge in [-0.05, 0) is 24.6 Å². The highest BCUT2D eigenvalue weighted by Gasteiger charge is 2.13. The summed E-state index contributed by atoms with van der Waals surface area (Å²) in [5.74, 6) is 1.80. The molecule has 0 radical (unpaired) electrons. The largest absolute Gasteiger partial charge is 0.496 e. The zero-order valence-corrected chi connectivity index (χ0v) is 16.8. The molecule has 0 saturated heterocycles. The fourth-order valence-corrected chi connectivity index (χ4v) is 3.67. The zero-order chi connectivity index (χ0) is 19.9. The number of fused-ring (bicyclic) bond motifs is 1. The van der Waals surface area contributed by atoms with Crippen molar-refractivity contribution in [3.8, 4) is 17.2 Å². The number of thiazole rings is 1. The fraction of sp³-hybridized carbons (Fsp3) is 0.238. The summed E-state index contributed by atoms with van der Waals surface area (Å²) in [6.07, 6.45) is 3.80. The van der Waals surface area contributed by atoms with Crippen molar-refractivity contribution in [3.05, 3.63) is 53.0 Å². The molecule has 1 aromatic heterocycles. The number of hydrogen-bond acceptors (Lipinski definition) is 6. The van der Waals surface area contributed by atoms with Crippen molar-refractivity contribution in [2.45, 2.75) is 6.42 Å². The van der Waals surface area contributed by atoms with Crippen LogP contribution >= 0.6 is 11.3 Å². The molecule has 1 amide bonds. The van der Waals surface area contributed by atoms with Gasteiger partial charge in [0, 0.05) is 30.3 Å². The number of nitrogens with zero attached hydrogens (tertiary/aromatic N) is 1. The monoisotopic (exact) mass is 398 g/mol. The van der Waals surface area contributed by atoms with Gasteiger partial charge in [0.2, 0.25) is 5.91 Å². The molecule has 0 aliphatic rings. The minimum Gasteiger partial charge on any atom is -0.496 e. The van der Waals surface area contributed by atoms with Crippen molar-refractivity contribution in [1.82, 2.24) is 10.3 Å². The van der Waals surface area contributed by atoms with E-state index in [-0.39, 0.29) is 5.91 Å². The second-order valence-corrected chi connectivity index (χ2v) is 6.97. The molecule has 0 saturated carbocycles.